The van der Waals surface area contributed by atoms with Gasteiger partial charge in [-0.15, -0.1) is 0 Å². The molecule has 2 aromatic heterocycles. The van der Waals surface area contributed by atoms with Crippen LogP contribution in [0.4, 0.5) is 0 Å². The molecule has 0 aliphatic carbocycles. The fourth-order valence-corrected chi connectivity index (χ4v) is 3.99. The van der Waals surface area contributed by atoms with Crippen molar-refractivity contribution in [3.8, 4) is 0 Å². The van der Waals surface area contributed by atoms with Crippen LogP contribution in [0.1, 0.15) is 50.7 Å². The van der Waals surface area contributed by atoms with Crippen LogP contribution >= 0.6 is 0 Å². The molecule has 166 valence electrons. The van der Waals surface area contributed by atoms with Crippen molar-refractivity contribution in [1.29, 1.82) is 0 Å². The van der Waals surface area contributed by atoms with Gasteiger partial charge in [-0.1, -0.05) is 32.9 Å². The van der Waals surface area contributed by atoms with Crippen molar-refractivity contribution < 1.29 is 9.84 Å². The predicted octanol–water partition coefficient (Wildman–Crippen LogP) is 3.57. The summed E-state index contributed by atoms with van der Waals surface area (Å²) in [7, 11) is 1.73. The minimum absolute atomic E-state index is 0.00301. The maximum absolute atomic E-state index is 9.76. The number of pyridine rings is 2. The quantitative estimate of drug-likeness (QED) is 0.510. The standard InChI is InChI=1S/C24H38N4O2/c1-5-15-27(6-2)23(21-11-7-9-13-25-21)24(22-12-8-10-14-26-22)28(16-17-30-4)18-20(3)19-29/h7-14,20,23-24,29H,5-6,15-19H2,1-4H3/t20-,23+,24+/m0/s1. The van der Waals surface area contributed by atoms with Gasteiger partial charge in [-0.2, -0.15) is 0 Å². The first-order valence-corrected chi connectivity index (χ1v) is 11.1. The van der Waals surface area contributed by atoms with E-state index in [2.05, 4.69) is 48.8 Å². The fourth-order valence-electron chi connectivity index (χ4n) is 3.99. The van der Waals surface area contributed by atoms with E-state index < -0.39 is 0 Å². The van der Waals surface area contributed by atoms with E-state index in [-0.39, 0.29) is 24.6 Å². The fraction of sp³-hybridized carbons (Fsp3) is 0.583. The van der Waals surface area contributed by atoms with Gasteiger partial charge in [-0.3, -0.25) is 19.8 Å². The molecule has 0 saturated carbocycles. The third kappa shape index (κ3) is 6.84. The molecule has 3 atom stereocenters. The van der Waals surface area contributed by atoms with E-state index in [1.165, 1.54) is 0 Å². The number of ether oxygens (including phenoxy) is 1. The number of rotatable bonds is 14. The SMILES string of the molecule is CCCN(CC)[C@H](c1ccccn1)[C@@H](c1ccccn1)N(CCOC)C[C@H](C)CO. The molecule has 0 amide bonds. The molecular formula is C24H38N4O2. The van der Waals surface area contributed by atoms with Gasteiger partial charge in [0.1, 0.15) is 0 Å². The highest BCUT2D eigenvalue weighted by Gasteiger charge is 2.35. The number of likely N-dealkylation sites (N-methyl/N-ethyl adjacent to an activating group) is 1. The topological polar surface area (TPSA) is 61.7 Å². The lowest BCUT2D eigenvalue weighted by molar-refractivity contribution is 0.0380. The van der Waals surface area contributed by atoms with E-state index in [4.69, 9.17) is 14.7 Å². The Hall–Kier alpha value is -1.86. The lowest BCUT2D eigenvalue weighted by Crippen LogP contribution is -2.45. The average Bonchev–Trinajstić information content (AvgIpc) is 2.80. The summed E-state index contributed by atoms with van der Waals surface area (Å²) in [6.45, 7) is 10.7. The summed E-state index contributed by atoms with van der Waals surface area (Å²) in [6, 6.07) is 12.3. The summed E-state index contributed by atoms with van der Waals surface area (Å²) in [4.78, 5) is 14.4. The molecule has 2 aromatic rings. The van der Waals surface area contributed by atoms with E-state index in [0.29, 0.717) is 6.61 Å². The maximum Gasteiger partial charge on any atom is 0.0736 e. The molecule has 0 unspecified atom stereocenters. The van der Waals surface area contributed by atoms with Crippen LogP contribution in [0.25, 0.3) is 0 Å². The Balaban J connectivity index is 2.59. The monoisotopic (exact) mass is 414 g/mol. The van der Waals surface area contributed by atoms with Gasteiger partial charge in [-0.25, -0.2) is 0 Å². The van der Waals surface area contributed by atoms with E-state index in [1.54, 1.807) is 7.11 Å². The lowest BCUT2D eigenvalue weighted by Gasteiger charge is -2.42. The highest BCUT2D eigenvalue weighted by Crippen LogP contribution is 2.37. The highest BCUT2D eigenvalue weighted by molar-refractivity contribution is 5.19. The Morgan fingerprint density at radius 1 is 0.933 bits per heavy atom. The molecule has 0 radical (unpaired) electrons. The van der Waals surface area contributed by atoms with Crippen molar-refractivity contribution in [2.45, 2.75) is 39.3 Å². The van der Waals surface area contributed by atoms with Crippen LogP contribution in [0.15, 0.2) is 48.8 Å². The number of aromatic nitrogens is 2. The summed E-state index contributed by atoms with van der Waals surface area (Å²) >= 11 is 0. The molecule has 0 saturated heterocycles. The largest absolute Gasteiger partial charge is 0.396 e. The molecule has 1 N–H and O–H groups in total. The second-order valence-corrected chi connectivity index (χ2v) is 7.80. The minimum Gasteiger partial charge on any atom is -0.396 e. The van der Waals surface area contributed by atoms with Gasteiger partial charge in [0.2, 0.25) is 0 Å². The number of nitrogens with zero attached hydrogens (tertiary/aromatic N) is 4. The first-order valence-electron chi connectivity index (χ1n) is 11.1. The zero-order valence-electron chi connectivity index (χ0n) is 18.9. The molecule has 0 aliphatic rings. The number of aliphatic hydroxyl groups excluding tert-OH is 1. The van der Waals surface area contributed by atoms with Crippen molar-refractivity contribution >= 4 is 0 Å². The summed E-state index contributed by atoms with van der Waals surface area (Å²) in [5.41, 5.74) is 2.06. The van der Waals surface area contributed by atoms with Crippen molar-refractivity contribution in [3.63, 3.8) is 0 Å². The van der Waals surface area contributed by atoms with Gasteiger partial charge in [0.05, 0.1) is 30.1 Å². The third-order valence-corrected chi connectivity index (χ3v) is 5.42. The molecule has 0 bridgehead atoms. The molecule has 6 nitrogen and oxygen atoms in total. The number of methoxy groups -OCH3 is 1. The Morgan fingerprint density at radius 3 is 1.97 bits per heavy atom. The van der Waals surface area contributed by atoms with Crippen molar-refractivity contribution in [2.75, 3.05) is 46.5 Å². The summed E-state index contributed by atoms with van der Waals surface area (Å²) in [5, 5.41) is 9.76. The first kappa shape index (κ1) is 24.4. The second kappa shape index (κ2) is 13.4. The van der Waals surface area contributed by atoms with E-state index in [0.717, 1.165) is 44.0 Å². The summed E-state index contributed by atoms with van der Waals surface area (Å²) in [5.74, 6) is 0.152. The molecule has 30 heavy (non-hydrogen) atoms. The van der Waals surface area contributed by atoms with Crippen molar-refractivity contribution in [2.24, 2.45) is 5.92 Å². The van der Waals surface area contributed by atoms with E-state index >= 15 is 0 Å². The van der Waals surface area contributed by atoms with E-state index in [9.17, 15) is 5.11 Å². The smallest absolute Gasteiger partial charge is 0.0736 e. The Bertz CT molecular complexity index is 686. The predicted molar refractivity (Wildman–Crippen MR) is 121 cm³/mol. The van der Waals surface area contributed by atoms with Crippen LogP contribution in [0.2, 0.25) is 0 Å². The third-order valence-electron chi connectivity index (χ3n) is 5.42. The van der Waals surface area contributed by atoms with Crippen LogP contribution in [0.5, 0.6) is 0 Å². The highest BCUT2D eigenvalue weighted by atomic mass is 16.5. The van der Waals surface area contributed by atoms with Gasteiger partial charge in [0.15, 0.2) is 0 Å². The minimum atomic E-state index is -0.00301. The van der Waals surface area contributed by atoms with Gasteiger partial charge >= 0.3 is 0 Å². The van der Waals surface area contributed by atoms with Gasteiger partial charge in [0, 0.05) is 39.2 Å². The Kier molecular flexibility index (Phi) is 10.9. The first-order chi connectivity index (χ1) is 14.7. The van der Waals surface area contributed by atoms with Gasteiger partial charge < -0.3 is 9.84 Å². The maximum atomic E-state index is 9.76. The summed E-state index contributed by atoms with van der Waals surface area (Å²) in [6.07, 6.45) is 4.79. The van der Waals surface area contributed by atoms with Gasteiger partial charge in [-0.05, 0) is 49.7 Å². The van der Waals surface area contributed by atoms with Gasteiger partial charge in [0.25, 0.3) is 0 Å². The molecule has 2 heterocycles. The zero-order chi connectivity index (χ0) is 21.8. The van der Waals surface area contributed by atoms with Crippen LogP contribution < -0.4 is 0 Å². The molecule has 2 rings (SSSR count). The van der Waals surface area contributed by atoms with E-state index in [1.807, 2.05) is 30.6 Å². The number of aliphatic hydroxyl groups is 1. The van der Waals surface area contributed by atoms with Crippen LogP contribution in [0, 0.1) is 5.92 Å². The lowest BCUT2D eigenvalue weighted by atomic mass is 9.95. The van der Waals surface area contributed by atoms with Crippen molar-refractivity contribution in [1.82, 2.24) is 19.8 Å². The second-order valence-electron chi connectivity index (χ2n) is 7.80. The van der Waals surface area contributed by atoms with Crippen LogP contribution in [-0.2, 0) is 4.74 Å². The molecule has 6 heteroatoms. The Labute approximate surface area is 181 Å². The van der Waals surface area contributed by atoms with Crippen LogP contribution in [0.3, 0.4) is 0 Å². The number of hydrogen-bond donors (Lipinski definition) is 1. The number of hydrogen-bond acceptors (Lipinski definition) is 6. The molecule has 0 aliphatic heterocycles. The normalized spacial score (nSPS) is 14.8. The van der Waals surface area contributed by atoms with Crippen LogP contribution in [-0.4, -0.2) is 71.4 Å². The average molecular weight is 415 g/mol. The zero-order valence-corrected chi connectivity index (χ0v) is 18.9. The molecular weight excluding hydrogens is 376 g/mol. The Morgan fingerprint density at radius 2 is 1.53 bits per heavy atom. The molecule has 0 aromatic carbocycles. The van der Waals surface area contributed by atoms with Crippen molar-refractivity contribution in [3.05, 3.63) is 60.2 Å². The molecule has 0 spiro atoms. The molecule has 0 fully saturated rings. The summed E-state index contributed by atoms with van der Waals surface area (Å²) < 4.78 is 5.44.